The highest BCUT2D eigenvalue weighted by atomic mass is 16.5. The highest BCUT2D eigenvalue weighted by molar-refractivity contribution is 5.91. The standard InChI is InChI=1S/C21H29N3O3/c1-15-11-18(26-3)7-8-20(15)22-21(25)9-6-17-5-4-10-24(13-17)14-19-12-16(2)23-27-19/h7-8,11-12,17H,4-6,9-10,13-14H2,1-3H3,(H,22,25)/t17-/m0/s1. The molecule has 27 heavy (non-hydrogen) atoms. The van der Waals surface area contributed by atoms with Gasteiger partial charge in [0.1, 0.15) is 5.75 Å². The van der Waals surface area contributed by atoms with Gasteiger partial charge in [-0.25, -0.2) is 0 Å². The maximum absolute atomic E-state index is 12.4. The van der Waals surface area contributed by atoms with E-state index >= 15 is 0 Å². The molecule has 1 aliphatic rings. The first kappa shape index (κ1) is 19.4. The van der Waals surface area contributed by atoms with Crippen molar-refractivity contribution < 1.29 is 14.1 Å². The minimum absolute atomic E-state index is 0.0752. The lowest BCUT2D eigenvalue weighted by atomic mass is 9.93. The number of anilines is 1. The molecule has 0 radical (unpaired) electrons. The molecule has 1 aliphatic heterocycles. The lowest BCUT2D eigenvalue weighted by Crippen LogP contribution is -2.35. The number of aryl methyl sites for hydroxylation is 2. The monoisotopic (exact) mass is 371 g/mol. The molecule has 0 saturated carbocycles. The Balaban J connectivity index is 1.45. The van der Waals surface area contributed by atoms with Crippen molar-refractivity contribution in [3.8, 4) is 5.75 Å². The second kappa shape index (κ2) is 9.04. The Morgan fingerprint density at radius 2 is 2.22 bits per heavy atom. The van der Waals surface area contributed by atoms with Gasteiger partial charge in [-0.05, 0) is 69.3 Å². The number of likely N-dealkylation sites (tertiary alicyclic amines) is 1. The van der Waals surface area contributed by atoms with E-state index in [1.165, 1.54) is 6.42 Å². The van der Waals surface area contributed by atoms with Crippen molar-refractivity contribution in [2.45, 2.75) is 46.1 Å². The van der Waals surface area contributed by atoms with E-state index in [0.29, 0.717) is 12.3 Å². The molecule has 146 valence electrons. The van der Waals surface area contributed by atoms with Crippen LogP contribution in [0.2, 0.25) is 0 Å². The third-order valence-corrected chi connectivity index (χ3v) is 5.15. The number of hydrogen-bond donors (Lipinski definition) is 1. The first-order valence-electron chi connectivity index (χ1n) is 9.62. The smallest absolute Gasteiger partial charge is 0.224 e. The molecule has 1 saturated heterocycles. The minimum atomic E-state index is 0.0752. The summed E-state index contributed by atoms with van der Waals surface area (Å²) in [5.74, 6) is 2.34. The van der Waals surface area contributed by atoms with Crippen LogP contribution in [0, 0.1) is 19.8 Å². The van der Waals surface area contributed by atoms with Crippen LogP contribution in [-0.2, 0) is 11.3 Å². The lowest BCUT2D eigenvalue weighted by Gasteiger charge is -2.31. The number of aromatic nitrogens is 1. The predicted octanol–water partition coefficient (Wildman–Crippen LogP) is 3.93. The van der Waals surface area contributed by atoms with Crippen LogP contribution in [0.15, 0.2) is 28.8 Å². The summed E-state index contributed by atoms with van der Waals surface area (Å²) >= 11 is 0. The normalized spacial score (nSPS) is 17.7. The molecule has 6 heteroatoms. The summed E-state index contributed by atoms with van der Waals surface area (Å²) in [7, 11) is 1.64. The van der Waals surface area contributed by atoms with E-state index in [4.69, 9.17) is 9.26 Å². The third kappa shape index (κ3) is 5.57. The molecule has 0 bridgehead atoms. The number of piperidine rings is 1. The largest absolute Gasteiger partial charge is 0.497 e. The van der Waals surface area contributed by atoms with Crippen LogP contribution in [-0.4, -0.2) is 36.2 Å². The van der Waals surface area contributed by atoms with Crippen LogP contribution in [0.3, 0.4) is 0 Å². The van der Waals surface area contributed by atoms with E-state index in [-0.39, 0.29) is 5.91 Å². The Hall–Kier alpha value is -2.34. The molecule has 1 aromatic carbocycles. The van der Waals surface area contributed by atoms with E-state index in [9.17, 15) is 4.79 Å². The van der Waals surface area contributed by atoms with Gasteiger partial charge in [-0.1, -0.05) is 5.16 Å². The van der Waals surface area contributed by atoms with Crippen LogP contribution < -0.4 is 10.1 Å². The fraction of sp³-hybridized carbons (Fsp3) is 0.524. The van der Waals surface area contributed by atoms with Crippen molar-refractivity contribution in [2.24, 2.45) is 5.92 Å². The molecule has 2 heterocycles. The Labute approximate surface area is 160 Å². The van der Waals surface area contributed by atoms with E-state index in [1.54, 1.807) is 7.11 Å². The molecule has 1 atom stereocenters. The van der Waals surface area contributed by atoms with Crippen LogP contribution in [0.4, 0.5) is 5.69 Å². The van der Waals surface area contributed by atoms with Gasteiger partial charge >= 0.3 is 0 Å². The molecule has 0 aliphatic carbocycles. The zero-order valence-electron chi connectivity index (χ0n) is 16.5. The second-order valence-electron chi connectivity index (χ2n) is 7.45. The first-order chi connectivity index (χ1) is 13.0. The minimum Gasteiger partial charge on any atom is -0.497 e. The average molecular weight is 371 g/mol. The highest BCUT2D eigenvalue weighted by Crippen LogP contribution is 2.24. The Kier molecular flexibility index (Phi) is 6.50. The molecule has 3 rings (SSSR count). The quantitative estimate of drug-likeness (QED) is 0.799. The molecule has 1 aromatic heterocycles. The van der Waals surface area contributed by atoms with Crippen LogP contribution in [0.25, 0.3) is 0 Å². The summed E-state index contributed by atoms with van der Waals surface area (Å²) in [6, 6.07) is 7.69. The average Bonchev–Trinajstić information content (AvgIpc) is 3.06. The molecule has 1 fully saturated rings. The van der Waals surface area contributed by atoms with Gasteiger partial charge in [0.25, 0.3) is 0 Å². The zero-order valence-corrected chi connectivity index (χ0v) is 16.5. The van der Waals surface area contributed by atoms with Crippen LogP contribution in [0.1, 0.15) is 42.7 Å². The third-order valence-electron chi connectivity index (χ3n) is 5.15. The summed E-state index contributed by atoms with van der Waals surface area (Å²) in [5, 5.41) is 6.98. The zero-order chi connectivity index (χ0) is 19.2. The van der Waals surface area contributed by atoms with Gasteiger partial charge in [-0.15, -0.1) is 0 Å². The van der Waals surface area contributed by atoms with Crippen molar-refractivity contribution >= 4 is 11.6 Å². The Morgan fingerprint density at radius 1 is 1.37 bits per heavy atom. The number of benzene rings is 1. The number of carbonyl (C=O) groups is 1. The molecule has 0 spiro atoms. The number of nitrogens with one attached hydrogen (secondary N) is 1. The van der Waals surface area contributed by atoms with Crippen LogP contribution >= 0.6 is 0 Å². The molecular weight excluding hydrogens is 342 g/mol. The van der Waals surface area contributed by atoms with Gasteiger partial charge in [-0.3, -0.25) is 9.69 Å². The Morgan fingerprint density at radius 3 is 2.93 bits per heavy atom. The maximum Gasteiger partial charge on any atom is 0.224 e. The lowest BCUT2D eigenvalue weighted by molar-refractivity contribution is -0.116. The van der Waals surface area contributed by atoms with Gasteiger partial charge in [0.05, 0.1) is 19.3 Å². The van der Waals surface area contributed by atoms with E-state index < -0.39 is 0 Å². The number of ether oxygens (including phenoxy) is 1. The molecule has 1 N–H and O–H groups in total. The SMILES string of the molecule is COc1ccc(NC(=O)CC[C@@H]2CCCN(Cc3cc(C)no3)C2)c(C)c1. The van der Waals surface area contributed by atoms with Crippen LogP contribution in [0.5, 0.6) is 5.75 Å². The fourth-order valence-corrected chi connectivity index (χ4v) is 3.69. The van der Waals surface area contributed by atoms with Gasteiger partial charge in [0, 0.05) is 24.7 Å². The highest BCUT2D eigenvalue weighted by Gasteiger charge is 2.21. The number of hydrogen-bond acceptors (Lipinski definition) is 5. The van der Waals surface area contributed by atoms with Crippen molar-refractivity contribution in [1.82, 2.24) is 10.1 Å². The Bertz CT molecular complexity index is 772. The fourth-order valence-electron chi connectivity index (χ4n) is 3.69. The first-order valence-corrected chi connectivity index (χ1v) is 9.62. The number of amides is 1. The molecular formula is C21H29N3O3. The molecule has 1 amide bonds. The number of rotatable bonds is 7. The van der Waals surface area contributed by atoms with Gasteiger partial charge in [0.2, 0.25) is 5.91 Å². The van der Waals surface area contributed by atoms with E-state index in [2.05, 4.69) is 15.4 Å². The van der Waals surface area contributed by atoms with Crippen molar-refractivity contribution in [3.63, 3.8) is 0 Å². The number of carbonyl (C=O) groups excluding carboxylic acids is 1. The summed E-state index contributed by atoms with van der Waals surface area (Å²) in [6.07, 6.45) is 3.80. The molecule has 2 aromatic rings. The van der Waals surface area contributed by atoms with Crippen molar-refractivity contribution in [3.05, 3.63) is 41.3 Å². The molecule has 6 nitrogen and oxygen atoms in total. The predicted molar refractivity (Wildman–Crippen MR) is 105 cm³/mol. The number of methoxy groups -OCH3 is 1. The van der Waals surface area contributed by atoms with Crippen molar-refractivity contribution in [1.29, 1.82) is 0 Å². The summed E-state index contributed by atoms with van der Waals surface area (Å²) in [6.45, 7) is 6.80. The maximum atomic E-state index is 12.4. The van der Waals surface area contributed by atoms with Gasteiger partial charge < -0.3 is 14.6 Å². The summed E-state index contributed by atoms with van der Waals surface area (Å²) in [5.41, 5.74) is 2.78. The van der Waals surface area contributed by atoms with E-state index in [0.717, 1.165) is 60.9 Å². The number of nitrogens with zero attached hydrogens (tertiary/aromatic N) is 2. The van der Waals surface area contributed by atoms with Gasteiger partial charge in [-0.2, -0.15) is 0 Å². The van der Waals surface area contributed by atoms with Gasteiger partial charge in [0.15, 0.2) is 5.76 Å². The topological polar surface area (TPSA) is 67.6 Å². The van der Waals surface area contributed by atoms with Crippen molar-refractivity contribution in [2.75, 3.05) is 25.5 Å². The summed E-state index contributed by atoms with van der Waals surface area (Å²) in [4.78, 5) is 14.8. The second-order valence-corrected chi connectivity index (χ2v) is 7.45. The van der Waals surface area contributed by atoms with E-state index in [1.807, 2.05) is 38.1 Å². The summed E-state index contributed by atoms with van der Waals surface area (Å²) < 4.78 is 10.5. The molecule has 0 unspecified atom stereocenters.